The van der Waals surface area contributed by atoms with Gasteiger partial charge >= 0.3 is 0 Å². The Morgan fingerprint density at radius 2 is 2.00 bits per heavy atom. The second-order valence-electron chi connectivity index (χ2n) is 7.04. The number of carbonyl (C=O) groups is 1. The van der Waals surface area contributed by atoms with Gasteiger partial charge in [-0.05, 0) is 61.6 Å². The summed E-state index contributed by atoms with van der Waals surface area (Å²) in [6.45, 7) is 4.92. The second kappa shape index (κ2) is 7.70. The van der Waals surface area contributed by atoms with E-state index in [1.165, 1.54) is 17.2 Å². The van der Waals surface area contributed by atoms with Crippen LogP contribution in [0.15, 0.2) is 47.4 Å². The molecule has 3 N–H and O–H groups in total. The fourth-order valence-corrected chi connectivity index (χ4v) is 4.09. The quantitative estimate of drug-likeness (QED) is 0.790. The molecule has 7 heteroatoms. The average Bonchev–Trinajstić information content (AvgIpc) is 2.91. The lowest BCUT2D eigenvalue weighted by Gasteiger charge is -2.24. The van der Waals surface area contributed by atoms with E-state index < -0.39 is 10.0 Å². The molecule has 6 nitrogen and oxygen atoms in total. The van der Waals surface area contributed by atoms with Crippen LogP contribution in [0.5, 0.6) is 0 Å². The first kappa shape index (κ1) is 19.4. The number of anilines is 1. The zero-order valence-electron chi connectivity index (χ0n) is 15.6. The number of amides is 1. The summed E-state index contributed by atoms with van der Waals surface area (Å²) in [7, 11) is -3.72. The molecule has 0 unspecified atom stereocenters. The van der Waals surface area contributed by atoms with Crippen molar-refractivity contribution < 1.29 is 13.2 Å². The number of sulfonamides is 1. The summed E-state index contributed by atoms with van der Waals surface area (Å²) in [5, 5.41) is 8.18. The molecule has 1 heterocycles. The number of nitrogens with zero attached hydrogens (tertiary/aromatic N) is 1. The topological polar surface area (TPSA) is 92.5 Å². The molecule has 1 atom stereocenters. The Morgan fingerprint density at radius 3 is 2.70 bits per heavy atom. The molecule has 2 aromatic rings. The molecule has 1 aliphatic heterocycles. The van der Waals surface area contributed by atoms with E-state index in [1.807, 2.05) is 24.0 Å². The lowest BCUT2D eigenvalue weighted by molar-refractivity contribution is -0.119. The predicted molar refractivity (Wildman–Crippen MR) is 106 cm³/mol. The molecule has 0 fully saturated rings. The molecule has 1 amide bonds. The Hall–Kier alpha value is -2.38. The van der Waals surface area contributed by atoms with E-state index in [0.717, 1.165) is 17.7 Å². The molecule has 0 aromatic heterocycles. The van der Waals surface area contributed by atoms with Crippen molar-refractivity contribution in [3.63, 3.8) is 0 Å². The maximum Gasteiger partial charge on any atom is 0.239 e. The van der Waals surface area contributed by atoms with Gasteiger partial charge in [-0.3, -0.25) is 4.79 Å². The maximum absolute atomic E-state index is 12.4. The van der Waals surface area contributed by atoms with Crippen molar-refractivity contribution in [3.05, 3.63) is 59.2 Å². The van der Waals surface area contributed by atoms with Crippen molar-refractivity contribution in [2.75, 3.05) is 18.0 Å². The summed E-state index contributed by atoms with van der Waals surface area (Å²) in [5.74, 6) is -0.0428. The van der Waals surface area contributed by atoms with Crippen LogP contribution in [0.3, 0.4) is 0 Å². The monoisotopic (exact) mass is 387 g/mol. The zero-order valence-corrected chi connectivity index (χ0v) is 16.4. The van der Waals surface area contributed by atoms with Crippen molar-refractivity contribution in [2.45, 2.75) is 37.6 Å². The van der Waals surface area contributed by atoms with Gasteiger partial charge in [-0.25, -0.2) is 13.6 Å². The minimum Gasteiger partial charge on any atom is -0.359 e. The van der Waals surface area contributed by atoms with Crippen molar-refractivity contribution in [2.24, 2.45) is 5.14 Å². The van der Waals surface area contributed by atoms with E-state index >= 15 is 0 Å². The lowest BCUT2D eigenvalue weighted by atomic mass is 10.1. The first-order chi connectivity index (χ1) is 12.8. The highest BCUT2D eigenvalue weighted by Gasteiger charge is 2.28. The largest absolute Gasteiger partial charge is 0.359 e. The summed E-state index contributed by atoms with van der Waals surface area (Å²) in [5.41, 5.74) is 4.25. The Bertz CT molecular complexity index is 957. The molecule has 1 aliphatic rings. The molecule has 0 aliphatic carbocycles. The minimum atomic E-state index is -3.72. The standard InChI is InChI=1S/C20H25N3O3S/c1-14-5-3-4-6-16(14)9-10-22-20(24)13-23-15(2)11-17-12-18(27(21,25)26)7-8-19(17)23/h3-8,12,15H,9-11,13H2,1-2H3,(H,22,24)(H2,21,25,26)/t15-/m0/s1. The van der Waals surface area contributed by atoms with Crippen LogP contribution in [0.4, 0.5) is 5.69 Å². The summed E-state index contributed by atoms with van der Waals surface area (Å²) in [6.07, 6.45) is 1.48. The van der Waals surface area contributed by atoms with Gasteiger partial charge in [0, 0.05) is 18.3 Å². The average molecular weight is 388 g/mol. The number of hydrogen-bond acceptors (Lipinski definition) is 4. The van der Waals surface area contributed by atoms with Gasteiger partial charge in [0.2, 0.25) is 15.9 Å². The van der Waals surface area contributed by atoms with Crippen LogP contribution in [0, 0.1) is 6.92 Å². The number of carbonyl (C=O) groups excluding carboxylic acids is 1. The highest BCUT2D eigenvalue weighted by molar-refractivity contribution is 7.89. The number of benzene rings is 2. The fraction of sp³-hybridized carbons (Fsp3) is 0.350. The molecular formula is C20H25N3O3S. The zero-order chi connectivity index (χ0) is 19.6. The first-order valence-corrected chi connectivity index (χ1v) is 10.5. The molecule has 0 saturated carbocycles. The fourth-order valence-electron chi connectivity index (χ4n) is 3.53. The molecule has 144 valence electrons. The third kappa shape index (κ3) is 4.48. The summed E-state index contributed by atoms with van der Waals surface area (Å²) < 4.78 is 23.1. The normalized spacial score (nSPS) is 16.3. The van der Waals surface area contributed by atoms with E-state index in [2.05, 4.69) is 24.4 Å². The number of primary sulfonamides is 1. The lowest BCUT2D eigenvalue weighted by Crippen LogP contribution is -2.40. The van der Waals surface area contributed by atoms with E-state index in [9.17, 15) is 13.2 Å². The van der Waals surface area contributed by atoms with Gasteiger partial charge in [-0.1, -0.05) is 24.3 Å². The molecule has 0 spiro atoms. The smallest absolute Gasteiger partial charge is 0.239 e. The van der Waals surface area contributed by atoms with E-state index in [-0.39, 0.29) is 23.4 Å². The first-order valence-electron chi connectivity index (χ1n) is 8.99. The van der Waals surface area contributed by atoms with Crippen molar-refractivity contribution >= 4 is 21.6 Å². The van der Waals surface area contributed by atoms with Gasteiger partial charge in [0.15, 0.2) is 0 Å². The van der Waals surface area contributed by atoms with Crippen LogP contribution in [-0.4, -0.2) is 33.5 Å². The Balaban J connectivity index is 1.61. The number of rotatable bonds is 6. The molecular weight excluding hydrogens is 362 g/mol. The predicted octanol–water partition coefficient (Wildman–Crippen LogP) is 1.75. The van der Waals surface area contributed by atoms with Crippen molar-refractivity contribution in [3.8, 4) is 0 Å². The SMILES string of the molecule is Cc1ccccc1CCNC(=O)CN1c2ccc(S(N)(=O)=O)cc2C[C@@H]1C. The molecule has 0 radical (unpaired) electrons. The highest BCUT2D eigenvalue weighted by atomic mass is 32.2. The molecule has 0 bridgehead atoms. The number of nitrogens with two attached hydrogens (primary N) is 1. The van der Waals surface area contributed by atoms with Crippen LogP contribution in [0.2, 0.25) is 0 Å². The van der Waals surface area contributed by atoms with Crippen LogP contribution < -0.4 is 15.4 Å². The van der Waals surface area contributed by atoms with Crippen LogP contribution in [0.25, 0.3) is 0 Å². The van der Waals surface area contributed by atoms with E-state index in [1.54, 1.807) is 12.1 Å². The Labute approximate surface area is 160 Å². The van der Waals surface area contributed by atoms with E-state index in [0.29, 0.717) is 13.0 Å². The Kier molecular flexibility index (Phi) is 5.53. The maximum atomic E-state index is 12.4. The van der Waals surface area contributed by atoms with Crippen LogP contribution in [-0.2, 0) is 27.7 Å². The molecule has 2 aromatic carbocycles. The second-order valence-corrected chi connectivity index (χ2v) is 8.60. The summed E-state index contributed by atoms with van der Waals surface area (Å²) >= 11 is 0. The Morgan fingerprint density at radius 1 is 1.26 bits per heavy atom. The van der Waals surface area contributed by atoms with Crippen molar-refractivity contribution in [1.29, 1.82) is 0 Å². The van der Waals surface area contributed by atoms with Crippen LogP contribution in [0.1, 0.15) is 23.6 Å². The minimum absolute atomic E-state index is 0.0428. The van der Waals surface area contributed by atoms with Crippen molar-refractivity contribution in [1.82, 2.24) is 5.32 Å². The number of nitrogens with one attached hydrogen (secondary N) is 1. The van der Waals surface area contributed by atoms with Gasteiger partial charge in [-0.2, -0.15) is 0 Å². The third-order valence-electron chi connectivity index (χ3n) is 5.03. The highest BCUT2D eigenvalue weighted by Crippen LogP contribution is 2.33. The molecule has 27 heavy (non-hydrogen) atoms. The molecule has 3 rings (SSSR count). The van der Waals surface area contributed by atoms with Gasteiger partial charge in [0.25, 0.3) is 0 Å². The van der Waals surface area contributed by atoms with E-state index in [4.69, 9.17) is 5.14 Å². The summed E-state index contributed by atoms with van der Waals surface area (Å²) in [6, 6.07) is 13.1. The van der Waals surface area contributed by atoms with Gasteiger partial charge < -0.3 is 10.2 Å². The number of aryl methyl sites for hydroxylation is 1. The summed E-state index contributed by atoms with van der Waals surface area (Å²) in [4.78, 5) is 14.5. The molecule has 0 saturated heterocycles. The third-order valence-corrected chi connectivity index (χ3v) is 5.94. The van der Waals surface area contributed by atoms with Gasteiger partial charge in [0.1, 0.15) is 0 Å². The number of hydrogen-bond donors (Lipinski definition) is 2. The van der Waals surface area contributed by atoms with Gasteiger partial charge in [0.05, 0.1) is 11.4 Å². The van der Waals surface area contributed by atoms with Crippen LogP contribution >= 0.6 is 0 Å². The van der Waals surface area contributed by atoms with Gasteiger partial charge in [-0.15, -0.1) is 0 Å². The number of fused-ring (bicyclic) bond motifs is 1.